The van der Waals surface area contributed by atoms with Gasteiger partial charge in [-0.2, -0.15) is 0 Å². The predicted octanol–water partition coefficient (Wildman–Crippen LogP) is 4.57. The van der Waals surface area contributed by atoms with Crippen molar-refractivity contribution in [3.05, 3.63) is 51.0 Å². The fourth-order valence-corrected chi connectivity index (χ4v) is 1.27. The number of aliphatic carboxylic acids is 1. The summed E-state index contributed by atoms with van der Waals surface area (Å²) in [5.41, 5.74) is 0. The largest absolute Gasteiger partial charge is 0.516 e. The van der Waals surface area contributed by atoms with Crippen molar-refractivity contribution in [2.75, 3.05) is 6.61 Å². The van der Waals surface area contributed by atoms with E-state index < -0.39 is 5.97 Å². The normalized spacial score (nSPS) is 9.00. The molecular formula is C20H34O7. The van der Waals surface area contributed by atoms with Crippen LogP contribution in [0.4, 0.5) is 0 Å². The molecule has 0 saturated carbocycles. The number of hydrogen-bond donors (Lipinski definition) is 2. The lowest BCUT2D eigenvalue weighted by Crippen LogP contribution is -2.12. The molecule has 0 spiro atoms. The van der Waals surface area contributed by atoms with Gasteiger partial charge in [-0.25, -0.2) is 9.59 Å². The molecule has 0 fully saturated rings. The lowest BCUT2D eigenvalue weighted by Gasteiger charge is -2.13. The second-order valence-electron chi connectivity index (χ2n) is 4.75. The molecule has 0 aromatic rings. The van der Waals surface area contributed by atoms with Gasteiger partial charge in [0.05, 0.1) is 19.1 Å². The first kappa shape index (κ1) is 31.9. The highest BCUT2D eigenvalue weighted by molar-refractivity contribution is 5.81. The van der Waals surface area contributed by atoms with Crippen molar-refractivity contribution in [2.24, 2.45) is 5.92 Å². The molecule has 27 heavy (non-hydrogen) atoms. The molecule has 7 heteroatoms. The summed E-state index contributed by atoms with van der Waals surface area (Å²) in [6.45, 7) is 18.5. The van der Waals surface area contributed by atoms with Crippen LogP contribution in [0.1, 0.15) is 46.5 Å². The number of carboxylic acids is 1. The van der Waals surface area contributed by atoms with Crippen molar-refractivity contribution in [1.29, 1.82) is 0 Å². The molecule has 0 aliphatic rings. The molecule has 7 nitrogen and oxygen atoms in total. The monoisotopic (exact) mass is 386 g/mol. The highest BCUT2D eigenvalue weighted by atomic mass is 16.5. The molecule has 0 radical (unpaired) electrons. The van der Waals surface area contributed by atoms with Crippen LogP contribution in [-0.4, -0.2) is 34.7 Å². The summed E-state index contributed by atoms with van der Waals surface area (Å²) in [5, 5.41) is 14.9. The number of hydrogen-bond acceptors (Lipinski definition) is 6. The first-order valence-corrected chi connectivity index (χ1v) is 8.38. The average molecular weight is 386 g/mol. The lowest BCUT2D eigenvalue weighted by atomic mass is 10.0. The van der Waals surface area contributed by atoms with Crippen LogP contribution in [0, 0.1) is 5.92 Å². The maximum Gasteiger partial charge on any atom is 0.330 e. The molecule has 0 aromatic carbocycles. The Kier molecular flexibility index (Phi) is 33.1. The van der Waals surface area contributed by atoms with Crippen molar-refractivity contribution in [2.45, 2.75) is 46.5 Å². The molecule has 0 amide bonds. The first-order valence-electron chi connectivity index (χ1n) is 8.38. The molecule has 0 saturated heterocycles. The van der Waals surface area contributed by atoms with E-state index in [9.17, 15) is 14.4 Å². The van der Waals surface area contributed by atoms with Crippen LogP contribution in [0.15, 0.2) is 51.0 Å². The SMILES string of the molecule is C=CC(=O)O.C=CC(=O)OCC(CC)CCCC.C=CO.C=COC(C)=O. The standard InChI is InChI=1S/C11H20O2.C4H6O2.C3H4O2.C2H4O/c1-4-7-8-10(5-2)9-13-11(12)6-3;1-3-6-4(2)5;1-2-3(4)5;1-2-3/h6,10H,3-5,7-9H2,1-2H3;3H,1H2,2H3;2H,1H2,(H,4,5);2-3H,1H2. The van der Waals surface area contributed by atoms with Crippen LogP contribution in [0.5, 0.6) is 0 Å². The predicted molar refractivity (Wildman–Crippen MR) is 107 cm³/mol. The molecule has 0 aliphatic heterocycles. The highest BCUT2D eigenvalue weighted by Gasteiger charge is 2.07. The Morgan fingerprint density at radius 2 is 1.56 bits per heavy atom. The maximum atomic E-state index is 10.8. The van der Waals surface area contributed by atoms with Crippen molar-refractivity contribution >= 4 is 17.9 Å². The Morgan fingerprint density at radius 3 is 1.78 bits per heavy atom. The van der Waals surface area contributed by atoms with Gasteiger partial charge in [0.1, 0.15) is 0 Å². The van der Waals surface area contributed by atoms with Gasteiger partial charge in [0.2, 0.25) is 0 Å². The highest BCUT2D eigenvalue weighted by Crippen LogP contribution is 2.12. The van der Waals surface area contributed by atoms with E-state index in [1.54, 1.807) is 0 Å². The fourth-order valence-electron chi connectivity index (χ4n) is 1.27. The Bertz CT molecular complexity index is 428. The maximum absolute atomic E-state index is 10.8. The number of carbonyl (C=O) groups excluding carboxylic acids is 2. The van der Waals surface area contributed by atoms with Crippen molar-refractivity contribution in [1.82, 2.24) is 0 Å². The second-order valence-corrected chi connectivity index (χ2v) is 4.75. The number of aliphatic hydroxyl groups excluding tert-OH is 1. The number of unbranched alkanes of at least 4 members (excludes halogenated alkanes) is 1. The number of rotatable bonds is 9. The molecule has 0 aliphatic carbocycles. The van der Waals surface area contributed by atoms with E-state index in [2.05, 4.69) is 44.9 Å². The van der Waals surface area contributed by atoms with Crippen LogP contribution in [0.25, 0.3) is 0 Å². The summed E-state index contributed by atoms with van der Waals surface area (Å²) >= 11 is 0. The summed E-state index contributed by atoms with van der Waals surface area (Å²) in [5.74, 6) is -1.10. The van der Waals surface area contributed by atoms with Crippen LogP contribution < -0.4 is 0 Å². The molecule has 0 rings (SSSR count). The van der Waals surface area contributed by atoms with Gasteiger partial charge in [-0.15, -0.1) is 0 Å². The van der Waals surface area contributed by atoms with E-state index in [0.717, 1.165) is 31.4 Å². The molecule has 156 valence electrons. The Balaban J connectivity index is -0.000000156. The minimum Gasteiger partial charge on any atom is -0.516 e. The van der Waals surface area contributed by atoms with Crippen LogP contribution in [-0.2, 0) is 23.9 Å². The number of carbonyl (C=O) groups is 3. The molecule has 2 N–H and O–H groups in total. The van der Waals surface area contributed by atoms with E-state index >= 15 is 0 Å². The molecule has 0 bridgehead atoms. The lowest BCUT2D eigenvalue weighted by molar-refractivity contribution is -0.139. The summed E-state index contributed by atoms with van der Waals surface area (Å²) in [6, 6.07) is 0. The summed E-state index contributed by atoms with van der Waals surface area (Å²) < 4.78 is 9.15. The van der Waals surface area contributed by atoms with Gasteiger partial charge >= 0.3 is 17.9 Å². The topological polar surface area (TPSA) is 110 Å². The molecular weight excluding hydrogens is 352 g/mol. The van der Waals surface area contributed by atoms with Gasteiger partial charge in [0, 0.05) is 19.1 Å². The molecule has 0 heterocycles. The van der Waals surface area contributed by atoms with E-state index in [1.807, 2.05) is 0 Å². The zero-order valence-corrected chi connectivity index (χ0v) is 16.7. The summed E-state index contributed by atoms with van der Waals surface area (Å²) in [7, 11) is 0. The first-order chi connectivity index (χ1) is 12.7. The minimum absolute atomic E-state index is 0.310. The van der Waals surface area contributed by atoms with Crippen molar-refractivity contribution < 1.29 is 34.1 Å². The summed E-state index contributed by atoms with van der Waals surface area (Å²) in [4.78, 5) is 29.8. The van der Waals surface area contributed by atoms with Crippen LogP contribution in [0.3, 0.4) is 0 Å². The van der Waals surface area contributed by atoms with Crippen LogP contribution >= 0.6 is 0 Å². The molecule has 1 atom stereocenters. The number of ether oxygens (including phenoxy) is 2. The van der Waals surface area contributed by atoms with Gasteiger partial charge in [-0.1, -0.05) is 59.4 Å². The third kappa shape index (κ3) is 45.1. The van der Waals surface area contributed by atoms with Gasteiger partial charge in [-0.3, -0.25) is 4.79 Å². The van der Waals surface area contributed by atoms with Crippen molar-refractivity contribution in [3.8, 4) is 0 Å². The third-order valence-corrected chi connectivity index (χ3v) is 2.60. The van der Waals surface area contributed by atoms with Gasteiger partial charge in [-0.05, 0) is 12.3 Å². The smallest absolute Gasteiger partial charge is 0.330 e. The van der Waals surface area contributed by atoms with E-state index in [-0.39, 0.29) is 11.9 Å². The zero-order valence-electron chi connectivity index (χ0n) is 16.7. The van der Waals surface area contributed by atoms with Crippen LogP contribution in [0.2, 0.25) is 0 Å². The fraction of sp³-hybridized carbons (Fsp3) is 0.450. The number of esters is 2. The minimum atomic E-state index is -0.981. The van der Waals surface area contributed by atoms with E-state index in [4.69, 9.17) is 14.9 Å². The average Bonchev–Trinajstić information content (AvgIpc) is 2.63. The summed E-state index contributed by atoms with van der Waals surface area (Å²) in [6.07, 6.45) is 8.53. The zero-order chi connectivity index (χ0) is 22.1. The molecule has 1 unspecified atom stereocenters. The molecule has 0 aromatic heterocycles. The van der Waals surface area contributed by atoms with E-state index in [0.29, 0.717) is 12.5 Å². The number of aliphatic hydroxyl groups is 1. The Morgan fingerprint density at radius 1 is 1.07 bits per heavy atom. The van der Waals surface area contributed by atoms with Gasteiger partial charge in [0.15, 0.2) is 0 Å². The van der Waals surface area contributed by atoms with E-state index in [1.165, 1.54) is 25.8 Å². The third-order valence-electron chi connectivity index (χ3n) is 2.60. The number of carboxylic acid groups (broad SMARTS) is 1. The second kappa shape index (κ2) is 28.0. The van der Waals surface area contributed by atoms with Gasteiger partial charge < -0.3 is 19.7 Å². The van der Waals surface area contributed by atoms with Gasteiger partial charge in [0.25, 0.3) is 0 Å². The quantitative estimate of drug-likeness (QED) is 0.339. The Labute approximate surface area is 162 Å². The van der Waals surface area contributed by atoms with Crippen molar-refractivity contribution in [3.63, 3.8) is 0 Å². The Hall–Kier alpha value is -2.83.